The third kappa shape index (κ3) is 10.8. The Kier molecular flexibility index (Phi) is 13.1. The molecule has 0 spiro atoms. The smallest absolute Gasteiger partial charge is 0.356 e. The van der Waals surface area contributed by atoms with E-state index in [9.17, 15) is 23.1 Å². The summed E-state index contributed by atoms with van der Waals surface area (Å²) in [4.78, 5) is 31.0. The summed E-state index contributed by atoms with van der Waals surface area (Å²) in [5.41, 5.74) is 4.10. The number of aromatic nitrogens is 2. The van der Waals surface area contributed by atoms with Crippen molar-refractivity contribution in [3.63, 3.8) is 0 Å². The van der Waals surface area contributed by atoms with E-state index in [4.69, 9.17) is 9.32 Å². The number of aromatic carboxylic acids is 1. The van der Waals surface area contributed by atoms with Gasteiger partial charge in [-0.2, -0.15) is 10.6 Å². The Morgan fingerprint density at radius 2 is 1.43 bits per heavy atom. The molecule has 0 saturated carbocycles. The third-order valence-corrected chi connectivity index (χ3v) is 9.98. The normalized spacial score (nSPS) is 13.0. The van der Waals surface area contributed by atoms with Gasteiger partial charge in [-0.15, -0.1) is 14.4 Å². The van der Waals surface area contributed by atoms with Gasteiger partial charge in [0.1, 0.15) is 0 Å². The van der Waals surface area contributed by atoms with Crippen molar-refractivity contribution >= 4 is 39.4 Å². The van der Waals surface area contributed by atoms with Gasteiger partial charge in [-0.1, -0.05) is 60.7 Å². The van der Waals surface area contributed by atoms with Crippen molar-refractivity contribution in [1.82, 2.24) is 20.0 Å². The number of rotatable bonds is 18. The molecule has 0 fully saturated rings. The van der Waals surface area contributed by atoms with Gasteiger partial charge in [-0.25, -0.2) is 22.6 Å². The molecule has 4 aromatic carbocycles. The molecule has 0 amide bonds. The van der Waals surface area contributed by atoms with Gasteiger partial charge in [0.05, 0.1) is 28.3 Å². The maximum atomic E-state index is 13.2. The number of aromatic amines is 1. The van der Waals surface area contributed by atoms with E-state index < -0.39 is 32.9 Å². The average Bonchev–Trinajstić information content (AvgIpc) is 3.48. The summed E-state index contributed by atoms with van der Waals surface area (Å²) in [6.45, 7) is 3.78. The number of hydroxylamine groups is 1. The Morgan fingerprint density at radius 1 is 0.843 bits per heavy atom. The Labute approximate surface area is 299 Å². The molecule has 2 unspecified atom stereocenters. The number of H-pyrrole nitrogens is 1. The molecule has 2 atom stereocenters. The number of sulfonamides is 1. The predicted molar refractivity (Wildman–Crippen MR) is 194 cm³/mol. The van der Waals surface area contributed by atoms with Crippen molar-refractivity contribution in [1.29, 1.82) is 0 Å². The van der Waals surface area contributed by atoms with Crippen molar-refractivity contribution in [2.45, 2.75) is 61.4 Å². The van der Waals surface area contributed by atoms with Gasteiger partial charge in [0.15, 0.2) is 11.4 Å². The molecule has 0 saturated heterocycles. The SMILES string of the molecule is CC(CCc1ccccc1)NOOSc1ccc(N=Nc2c(C(=O)O)[nH]n(-c3ccc(S(=O)(=O)NC(C)CCc4ccccc4)cc3)c2=O)cc1. The standard InChI is InChI=1S/C36H38N6O7S2/c1-25(13-15-27-9-5-3-6-10-27)40-48-49-50-31-21-17-29(18-22-31)37-38-33-34(36(44)45)39-42(35(33)43)30-19-23-32(24-20-30)51(46,47)41-26(2)14-16-28-11-7-4-8-12-28/h3-12,17-26,39-41H,13-16H2,1-2H3,(H,44,45). The van der Waals surface area contributed by atoms with Gasteiger partial charge in [-0.3, -0.25) is 9.89 Å². The van der Waals surface area contributed by atoms with Gasteiger partial charge in [-0.05, 0) is 99.2 Å². The number of hydrogen-bond acceptors (Lipinski definition) is 10. The maximum Gasteiger partial charge on any atom is 0.356 e. The topological polar surface area (TPSA) is 176 Å². The monoisotopic (exact) mass is 730 g/mol. The molecule has 266 valence electrons. The Bertz CT molecular complexity index is 2070. The van der Waals surface area contributed by atoms with Crippen LogP contribution in [0.1, 0.15) is 48.3 Å². The lowest BCUT2D eigenvalue weighted by Crippen LogP contribution is -2.33. The largest absolute Gasteiger partial charge is 0.476 e. The summed E-state index contributed by atoms with van der Waals surface area (Å²) in [5.74, 6) is -1.42. The number of carbonyl (C=O) groups is 1. The van der Waals surface area contributed by atoms with E-state index in [-0.39, 0.29) is 22.7 Å². The van der Waals surface area contributed by atoms with Crippen molar-refractivity contribution in [2.24, 2.45) is 10.2 Å². The van der Waals surface area contributed by atoms with Crippen LogP contribution < -0.4 is 15.8 Å². The van der Waals surface area contributed by atoms with E-state index >= 15 is 0 Å². The van der Waals surface area contributed by atoms with Crippen molar-refractivity contribution in [3.05, 3.63) is 136 Å². The van der Waals surface area contributed by atoms with E-state index in [1.807, 2.05) is 55.5 Å². The molecule has 0 aliphatic heterocycles. The maximum absolute atomic E-state index is 13.2. The highest BCUT2D eigenvalue weighted by molar-refractivity contribution is 7.94. The van der Waals surface area contributed by atoms with E-state index in [1.165, 1.54) is 29.8 Å². The number of aryl methyl sites for hydroxylation is 2. The number of azo groups is 1. The average molecular weight is 731 g/mol. The van der Waals surface area contributed by atoms with Gasteiger partial charge >= 0.3 is 5.97 Å². The first kappa shape index (κ1) is 37.4. The molecule has 5 aromatic rings. The lowest BCUT2D eigenvalue weighted by Gasteiger charge is -2.14. The minimum Gasteiger partial charge on any atom is -0.476 e. The van der Waals surface area contributed by atoms with Crippen LogP contribution in [0.5, 0.6) is 0 Å². The summed E-state index contributed by atoms with van der Waals surface area (Å²) >= 11 is 0.981. The molecule has 51 heavy (non-hydrogen) atoms. The van der Waals surface area contributed by atoms with Crippen LogP contribution in [0.25, 0.3) is 5.69 Å². The number of benzene rings is 4. The number of nitrogens with one attached hydrogen (secondary N) is 3. The highest BCUT2D eigenvalue weighted by atomic mass is 32.2. The first-order valence-corrected chi connectivity index (χ1v) is 18.4. The summed E-state index contributed by atoms with van der Waals surface area (Å²) in [6.07, 6.45) is 3.08. The quantitative estimate of drug-likeness (QED) is 0.0242. The summed E-state index contributed by atoms with van der Waals surface area (Å²) < 4.78 is 34.8. The number of carboxylic acid groups (broad SMARTS) is 1. The predicted octanol–water partition coefficient (Wildman–Crippen LogP) is 7.06. The minimum atomic E-state index is -3.85. The van der Waals surface area contributed by atoms with Crippen LogP contribution in [0.2, 0.25) is 0 Å². The van der Waals surface area contributed by atoms with Crippen LogP contribution in [0.3, 0.4) is 0 Å². The number of hydrogen-bond donors (Lipinski definition) is 4. The molecule has 1 heterocycles. The van der Waals surface area contributed by atoms with Gasteiger partial charge < -0.3 is 5.11 Å². The molecule has 0 aliphatic rings. The molecule has 1 aromatic heterocycles. The zero-order chi connectivity index (χ0) is 36.2. The van der Waals surface area contributed by atoms with Crippen LogP contribution in [-0.2, 0) is 32.2 Å². The first-order chi connectivity index (χ1) is 24.6. The number of nitrogens with zero attached hydrogens (tertiary/aromatic N) is 3. The fourth-order valence-corrected chi connectivity index (χ4v) is 6.64. The highest BCUT2D eigenvalue weighted by Gasteiger charge is 2.22. The van der Waals surface area contributed by atoms with Crippen LogP contribution in [-0.4, -0.2) is 41.4 Å². The second-order valence-corrected chi connectivity index (χ2v) is 14.3. The van der Waals surface area contributed by atoms with E-state index in [0.717, 1.165) is 35.1 Å². The molecule has 13 nitrogen and oxygen atoms in total. The Balaban J connectivity index is 1.16. The molecule has 15 heteroatoms. The zero-order valence-electron chi connectivity index (χ0n) is 27.9. The molecule has 0 radical (unpaired) electrons. The van der Waals surface area contributed by atoms with E-state index in [2.05, 4.69) is 37.7 Å². The minimum absolute atomic E-state index is 0.000912. The van der Waals surface area contributed by atoms with E-state index in [1.54, 1.807) is 31.2 Å². The first-order valence-electron chi connectivity index (χ1n) is 16.2. The van der Waals surface area contributed by atoms with Crippen LogP contribution in [0, 0.1) is 0 Å². The van der Waals surface area contributed by atoms with Crippen LogP contribution in [0.15, 0.2) is 134 Å². The van der Waals surface area contributed by atoms with Crippen molar-refractivity contribution in [3.8, 4) is 5.69 Å². The zero-order valence-corrected chi connectivity index (χ0v) is 29.6. The second-order valence-electron chi connectivity index (χ2n) is 11.8. The fraction of sp³-hybridized carbons (Fsp3) is 0.222. The lowest BCUT2D eigenvalue weighted by molar-refractivity contribution is -0.253. The summed E-state index contributed by atoms with van der Waals surface area (Å²) in [6, 6.07) is 31.8. The molecular weight excluding hydrogens is 693 g/mol. The Hall–Kier alpha value is -4.90. The summed E-state index contributed by atoms with van der Waals surface area (Å²) in [7, 11) is -3.85. The Morgan fingerprint density at radius 3 is 2.02 bits per heavy atom. The molecule has 0 aliphatic carbocycles. The van der Waals surface area contributed by atoms with Crippen LogP contribution >= 0.6 is 12.0 Å². The molecular formula is C36H38N6O7S2. The lowest BCUT2D eigenvalue weighted by atomic mass is 10.1. The molecule has 4 N–H and O–H groups in total. The van der Waals surface area contributed by atoms with Crippen molar-refractivity contribution < 1.29 is 27.6 Å². The summed E-state index contributed by atoms with van der Waals surface area (Å²) in [5, 5.41) is 20.3. The fourth-order valence-electron chi connectivity index (χ4n) is 4.97. The van der Waals surface area contributed by atoms with Gasteiger partial charge in [0, 0.05) is 17.0 Å². The van der Waals surface area contributed by atoms with Gasteiger partial charge in [0.2, 0.25) is 10.0 Å². The van der Waals surface area contributed by atoms with E-state index in [0.29, 0.717) is 23.4 Å². The second kappa shape index (κ2) is 17.8. The van der Waals surface area contributed by atoms with Crippen LogP contribution in [0.4, 0.5) is 11.4 Å². The highest BCUT2D eigenvalue weighted by Crippen LogP contribution is 2.25. The number of carboxylic acids is 1. The molecule has 5 rings (SSSR count). The molecule has 0 bridgehead atoms. The van der Waals surface area contributed by atoms with Gasteiger partial charge in [0.25, 0.3) is 5.56 Å². The third-order valence-electron chi connectivity index (χ3n) is 7.77. The van der Waals surface area contributed by atoms with Crippen molar-refractivity contribution in [2.75, 3.05) is 0 Å².